The van der Waals surface area contributed by atoms with Gasteiger partial charge in [0.25, 0.3) is 0 Å². The highest BCUT2D eigenvalue weighted by molar-refractivity contribution is 5.17. The molecule has 5 atom stereocenters. The van der Waals surface area contributed by atoms with Crippen LogP contribution < -0.4 is 0 Å². The SMILES string of the molecule is OC(CC(OC1CC2C=CC1C2)(C(F)(F)F)C(F)(F)C(F)(F)F)(C(F)(F)F)C(F)(F)C(F)(F)F. The first kappa shape index (κ1) is 28.8. The third-order valence-corrected chi connectivity index (χ3v) is 5.74. The zero-order valence-corrected chi connectivity index (χ0v) is 15.9. The summed E-state index contributed by atoms with van der Waals surface area (Å²) in [5, 5.41) is 9.26. The van der Waals surface area contributed by atoms with Gasteiger partial charge in [-0.15, -0.1) is 0 Å². The molecule has 2 aliphatic carbocycles. The molecule has 0 aromatic carbocycles. The monoisotopic (exact) mass is 540 g/mol. The second-order valence-electron chi connectivity index (χ2n) is 7.94. The highest BCUT2D eigenvalue weighted by Gasteiger charge is 2.88. The van der Waals surface area contributed by atoms with E-state index < -0.39 is 78.5 Å². The lowest BCUT2D eigenvalue weighted by Gasteiger charge is -2.49. The number of allylic oxidation sites excluding steroid dienone is 1. The normalized spacial score (nSPS) is 28.2. The van der Waals surface area contributed by atoms with Crippen molar-refractivity contribution < 1.29 is 80.1 Å². The summed E-state index contributed by atoms with van der Waals surface area (Å²) < 4.78 is 218. The van der Waals surface area contributed by atoms with Crippen molar-refractivity contribution in [1.82, 2.24) is 0 Å². The van der Waals surface area contributed by atoms with Crippen LogP contribution in [0, 0.1) is 11.8 Å². The van der Waals surface area contributed by atoms with Gasteiger partial charge in [0.2, 0.25) is 11.2 Å². The van der Waals surface area contributed by atoms with E-state index in [-0.39, 0.29) is 6.42 Å². The molecule has 0 heterocycles. The van der Waals surface area contributed by atoms with E-state index in [0.717, 1.165) is 6.08 Å². The Kier molecular flexibility index (Phi) is 6.57. The highest BCUT2D eigenvalue weighted by Crippen LogP contribution is 2.62. The van der Waals surface area contributed by atoms with E-state index in [1.807, 2.05) is 0 Å². The van der Waals surface area contributed by atoms with Crippen LogP contribution in [0.3, 0.4) is 0 Å². The van der Waals surface area contributed by atoms with E-state index in [0.29, 0.717) is 0 Å². The Morgan fingerprint density at radius 2 is 1.09 bits per heavy atom. The van der Waals surface area contributed by atoms with E-state index in [1.165, 1.54) is 6.08 Å². The second kappa shape index (κ2) is 7.77. The summed E-state index contributed by atoms with van der Waals surface area (Å²) in [5.74, 6) is -17.4. The van der Waals surface area contributed by atoms with Crippen LogP contribution in [0.25, 0.3) is 0 Å². The Bertz CT molecular complexity index is 791. The minimum absolute atomic E-state index is 0.224. The van der Waals surface area contributed by atoms with Gasteiger partial charge in [0.05, 0.1) is 6.10 Å². The van der Waals surface area contributed by atoms with E-state index in [9.17, 15) is 75.4 Å². The van der Waals surface area contributed by atoms with E-state index in [4.69, 9.17) is 0 Å². The highest BCUT2D eigenvalue weighted by atomic mass is 19.4. The molecule has 0 radical (unpaired) electrons. The van der Waals surface area contributed by atoms with Gasteiger partial charge in [-0.1, -0.05) is 12.2 Å². The maximum atomic E-state index is 14.3. The third kappa shape index (κ3) is 4.11. The van der Waals surface area contributed by atoms with Gasteiger partial charge in [-0.2, -0.15) is 70.2 Å². The van der Waals surface area contributed by atoms with Crippen LogP contribution in [-0.2, 0) is 4.74 Å². The Morgan fingerprint density at radius 3 is 1.38 bits per heavy atom. The molecule has 1 saturated carbocycles. The molecule has 2 aliphatic rings. The molecular formula is C16H12F16O2. The topological polar surface area (TPSA) is 29.5 Å². The zero-order valence-electron chi connectivity index (χ0n) is 15.9. The van der Waals surface area contributed by atoms with Crippen LogP contribution in [0.1, 0.15) is 19.3 Å². The fraction of sp³-hybridized carbons (Fsp3) is 0.875. The first-order valence-corrected chi connectivity index (χ1v) is 8.86. The second-order valence-corrected chi connectivity index (χ2v) is 7.94. The number of aliphatic hydroxyl groups is 1. The van der Waals surface area contributed by atoms with Crippen molar-refractivity contribution in [2.75, 3.05) is 0 Å². The van der Waals surface area contributed by atoms with Gasteiger partial charge < -0.3 is 9.84 Å². The molecule has 34 heavy (non-hydrogen) atoms. The maximum Gasteiger partial charge on any atom is 0.456 e. The lowest BCUT2D eigenvalue weighted by Crippen LogP contribution is -2.75. The van der Waals surface area contributed by atoms with E-state index >= 15 is 0 Å². The molecule has 2 bridgehead atoms. The van der Waals surface area contributed by atoms with Crippen LogP contribution in [0.15, 0.2) is 12.2 Å². The molecule has 0 amide bonds. The van der Waals surface area contributed by atoms with Crippen molar-refractivity contribution in [1.29, 1.82) is 0 Å². The number of alkyl halides is 16. The standard InChI is InChI=1S/C16H12F16O2/c17-11(18,15(27,28)29)9(33,13(21,22)23)5-10(14(24,25)26,12(19,20)16(30,31)32)34-8-4-6-1-2-7(8)3-6/h1-2,6-8,33H,3-5H2. The summed E-state index contributed by atoms with van der Waals surface area (Å²) in [5.41, 5.74) is -13.8. The predicted molar refractivity (Wildman–Crippen MR) is 76.6 cm³/mol. The summed E-state index contributed by atoms with van der Waals surface area (Å²) in [6, 6.07) is 0. The average Bonchev–Trinajstić information content (AvgIpc) is 3.19. The number of hydrogen-bond acceptors (Lipinski definition) is 2. The summed E-state index contributed by atoms with van der Waals surface area (Å²) >= 11 is 0. The Hall–Kier alpha value is -1.46. The van der Waals surface area contributed by atoms with Crippen molar-refractivity contribution in [2.45, 2.75) is 73.1 Å². The number of rotatable bonds is 6. The summed E-state index contributed by atoms with van der Waals surface area (Å²) in [7, 11) is 0. The molecule has 1 N–H and O–H groups in total. The summed E-state index contributed by atoms with van der Waals surface area (Å²) in [6.07, 6.45) is -35.6. The quantitative estimate of drug-likeness (QED) is 0.315. The molecule has 0 aromatic rings. The molecule has 0 saturated heterocycles. The van der Waals surface area contributed by atoms with Gasteiger partial charge in [0, 0.05) is 12.3 Å². The van der Waals surface area contributed by atoms with Crippen molar-refractivity contribution in [3.63, 3.8) is 0 Å². The number of ether oxygens (including phenoxy) is 1. The Labute approximate surface area is 178 Å². The summed E-state index contributed by atoms with van der Waals surface area (Å²) in [6.45, 7) is 0. The van der Waals surface area contributed by atoms with E-state index in [1.54, 1.807) is 0 Å². The van der Waals surface area contributed by atoms with Crippen LogP contribution in [-0.4, -0.2) is 59.0 Å². The Balaban J connectivity index is 2.84. The van der Waals surface area contributed by atoms with Crippen LogP contribution in [0.4, 0.5) is 70.2 Å². The maximum absolute atomic E-state index is 14.3. The number of fused-ring (bicyclic) bond motifs is 2. The molecule has 0 aliphatic heterocycles. The molecule has 2 nitrogen and oxygen atoms in total. The lowest BCUT2D eigenvalue weighted by atomic mass is 9.76. The zero-order chi connectivity index (χ0) is 27.0. The van der Waals surface area contributed by atoms with Crippen molar-refractivity contribution in [3.05, 3.63) is 12.2 Å². The molecule has 200 valence electrons. The smallest absolute Gasteiger partial charge is 0.375 e. The summed E-state index contributed by atoms with van der Waals surface area (Å²) in [4.78, 5) is 0. The third-order valence-electron chi connectivity index (χ3n) is 5.74. The van der Waals surface area contributed by atoms with Gasteiger partial charge in [0.1, 0.15) is 0 Å². The average molecular weight is 540 g/mol. The molecule has 2 rings (SSSR count). The van der Waals surface area contributed by atoms with Crippen molar-refractivity contribution in [3.8, 4) is 0 Å². The van der Waals surface area contributed by atoms with Gasteiger partial charge in [-0.05, 0) is 18.8 Å². The number of halogens is 16. The molecule has 0 aromatic heterocycles. The molecule has 1 fully saturated rings. The van der Waals surface area contributed by atoms with Gasteiger partial charge in [-0.3, -0.25) is 0 Å². The minimum Gasteiger partial charge on any atom is -0.375 e. The molecule has 5 unspecified atom stereocenters. The molecule has 0 spiro atoms. The van der Waals surface area contributed by atoms with Gasteiger partial charge >= 0.3 is 36.6 Å². The van der Waals surface area contributed by atoms with Crippen LogP contribution >= 0.6 is 0 Å². The van der Waals surface area contributed by atoms with Gasteiger partial charge in [-0.25, -0.2) is 0 Å². The minimum atomic E-state index is -7.67. The first-order valence-electron chi connectivity index (χ1n) is 8.86. The van der Waals surface area contributed by atoms with Crippen LogP contribution in [0.2, 0.25) is 0 Å². The van der Waals surface area contributed by atoms with Gasteiger partial charge in [0.15, 0.2) is 0 Å². The predicted octanol–water partition coefficient (Wildman–Crippen LogP) is 6.35. The van der Waals surface area contributed by atoms with E-state index in [2.05, 4.69) is 4.74 Å². The largest absolute Gasteiger partial charge is 0.456 e. The lowest BCUT2D eigenvalue weighted by molar-refractivity contribution is -0.456. The van der Waals surface area contributed by atoms with Crippen molar-refractivity contribution >= 4 is 0 Å². The fourth-order valence-corrected chi connectivity index (χ4v) is 3.91. The fourth-order valence-electron chi connectivity index (χ4n) is 3.91. The Morgan fingerprint density at radius 1 is 0.618 bits per heavy atom. The molecule has 18 heteroatoms. The molecular weight excluding hydrogens is 528 g/mol. The number of hydrogen-bond donors (Lipinski definition) is 1. The van der Waals surface area contributed by atoms with Crippen LogP contribution in [0.5, 0.6) is 0 Å². The van der Waals surface area contributed by atoms with Crippen molar-refractivity contribution in [2.24, 2.45) is 11.8 Å². The first-order chi connectivity index (χ1) is 14.8.